The van der Waals surface area contributed by atoms with Gasteiger partial charge in [0, 0.05) is 13.1 Å². The minimum atomic E-state index is -4.39. The van der Waals surface area contributed by atoms with Crippen LogP contribution in [0.4, 0.5) is 13.2 Å². The van der Waals surface area contributed by atoms with E-state index in [1.54, 1.807) is 4.90 Å². The normalized spacial score (nSPS) is 13.7. The van der Waals surface area contributed by atoms with Crippen molar-refractivity contribution in [3.05, 3.63) is 71.0 Å². The molecule has 1 aliphatic rings. The van der Waals surface area contributed by atoms with E-state index in [2.05, 4.69) is 10.3 Å². The van der Waals surface area contributed by atoms with Crippen molar-refractivity contribution in [1.29, 1.82) is 0 Å². The van der Waals surface area contributed by atoms with Crippen molar-refractivity contribution >= 4 is 11.9 Å². The quantitative estimate of drug-likeness (QED) is 0.687. The molecule has 160 valence electrons. The largest absolute Gasteiger partial charge is 0.480 e. The lowest BCUT2D eigenvalue weighted by Crippen LogP contribution is -2.36. The van der Waals surface area contributed by atoms with Gasteiger partial charge in [0.1, 0.15) is 6.54 Å². The Bertz CT molecular complexity index is 1140. The van der Waals surface area contributed by atoms with Gasteiger partial charge < -0.3 is 10.0 Å². The minimum Gasteiger partial charge on any atom is -0.480 e. The lowest BCUT2D eigenvalue weighted by molar-refractivity contribution is -0.138. The van der Waals surface area contributed by atoms with Crippen LogP contribution in [0.25, 0.3) is 11.1 Å². The lowest BCUT2D eigenvalue weighted by Gasteiger charge is -2.28. The number of hydrogen-bond acceptors (Lipinski definition) is 4. The fourth-order valence-electron chi connectivity index (χ4n) is 3.54. The molecular weight excluding hydrogens is 413 g/mol. The van der Waals surface area contributed by atoms with Crippen molar-refractivity contribution in [2.75, 3.05) is 6.54 Å². The molecule has 0 atom stereocenters. The zero-order valence-corrected chi connectivity index (χ0v) is 16.1. The molecule has 2 heterocycles. The first-order chi connectivity index (χ1) is 14.7. The molecule has 0 bridgehead atoms. The summed E-state index contributed by atoms with van der Waals surface area (Å²) >= 11 is 0. The van der Waals surface area contributed by atoms with Crippen molar-refractivity contribution in [3.63, 3.8) is 0 Å². The summed E-state index contributed by atoms with van der Waals surface area (Å²) in [6.45, 7) is 0.394. The fourth-order valence-corrected chi connectivity index (χ4v) is 3.54. The number of amides is 1. The monoisotopic (exact) mass is 430 g/mol. The van der Waals surface area contributed by atoms with E-state index in [0.29, 0.717) is 25.1 Å². The number of hydrogen-bond donors (Lipinski definition) is 1. The molecule has 0 fully saturated rings. The third-order valence-electron chi connectivity index (χ3n) is 5.11. The summed E-state index contributed by atoms with van der Waals surface area (Å²) in [6.07, 6.45) is -2.47. The maximum Gasteiger partial charge on any atom is 0.416 e. The first kappa shape index (κ1) is 20.6. The number of fused-ring (bicyclic) bond motifs is 1. The number of nitrogens with zero attached hydrogens (tertiary/aromatic N) is 4. The SMILES string of the molecule is O=C(O)Cn1cc(C(=O)N2CCc3ccc(-c4ccc(C(F)(F)F)cc4)cc3C2)nn1. The first-order valence-electron chi connectivity index (χ1n) is 9.41. The summed E-state index contributed by atoms with van der Waals surface area (Å²) in [5.74, 6) is -1.45. The van der Waals surface area contributed by atoms with Crippen molar-refractivity contribution < 1.29 is 27.9 Å². The third kappa shape index (κ3) is 4.42. The fraction of sp³-hybridized carbons (Fsp3) is 0.238. The van der Waals surface area contributed by atoms with Gasteiger partial charge in [-0.3, -0.25) is 9.59 Å². The van der Waals surface area contributed by atoms with Crippen molar-refractivity contribution in [2.45, 2.75) is 25.7 Å². The highest BCUT2D eigenvalue weighted by Gasteiger charge is 2.30. The number of carbonyl (C=O) groups is 2. The second-order valence-electron chi connectivity index (χ2n) is 7.23. The van der Waals surface area contributed by atoms with Crippen LogP contribution in [0, 0.1) is 0 Å². The van der Waals surface area contributed by atoms with Gasteiger partial charge in [-0.1, -0.05) is 29.5 Å². The molecule has 0 radical (unpaired) electrons. The second kappa shape index (κ2) is 7.86. The highest BCUT2D eigenvalue weighted by atomic mass is 19.4. The molecule has 1 N–H and O–H groups in total. The molecule has 1 aliphatic heterocycles. The van der Waals surface area contributed by atoms with Crippen LogP contribution in [-0.4, -0.2) is 43.4 Å². The Balaban J connectivity index is 1.53. The number of halogens is 3. The van der Waals surface area contributed by atoms with E-state index in [9.17, 15) is 22.8 Å². The Morgan fingerprint density at radius 3 is 2.42 bits per heavy atom. The minimum absolute atomic E-state index is 0.0589. The molecule has 3 aromatic rings. The van der Waals surface area contributed by atoms with E-state index in [1.807, 2.05) is 18.2 Å². The number of carbonyl (C=O) groups excluding carboxylic acids is 1. The van der Waals surface area contributed by atoms with Gasteiger partial charge >= 0.3 is 12.1 Å². The number of benzene rings is 2. The summed E-state index contributed by atoms with van der Waals surface area (Å²) in [5, 5.41) is 16.2. The Labute approximate surface area is 174 Å². The predicted molar refractivity (Wildman–Crippen MR) is 103 cm³/mol. The Hall–Kier alpha value is -3.69. The van der Waals surface area contributed by atoms with Crippen LogP contribution in [0.3, 0.4) is 0 Å². The van der Waals surface area contributed by atoms with Crippen LogP contribution in [0.2, 0.25) is 0 Å². The summed E-state index contributed by atoms with van der Waals surface area (Å²) in [5.41, 5.74) is 2.72. The zero-order valence-electron chi connectivity index (χ0n) is 16.1. The molecular formula is C21H17F3N4O3. The number of carboxylic acids is 1. The number of aromatic nitrogens is 3. The second-order valence-corrected chi connectivity index (χ2v) is 7.23. The molecule has 0 unspecified atom stereocenters. The summed E-state index contributed by atoms with van der Waals surface area (Å²) in [7, 11) is 0. The van der Waals surface area contributed by atoms with Gasteiger partial charge in [0.2, 0.25) is 0 Å². The highest BCUT2D eigenvalue weighted by Crippen LogP contribution is 2.32. The van der Waals surface area contributed by atoms with E-state index >= 15 is 0 Å². The third-order valence-corrected chi connectivity index (χ3v) is 5.11. The van der Waals surface area contributed by atoms with Crippen LogP contribution in [0.15, 0.2) is 48.7 Å². The summed E-state index contributed by atoms with van der Waals surface area (Å²) < 4.78 is 39.5. The van der Waals surface area contributed by atoms with Crippen LogP contribution in [0.1, 0.15) is 27.2 Å². The average Bonchev–Trinajstić information content (AvgIpc) is 3.19. The van der Waals surface area contributed by atoms with E-state index < -0.39 is 17.7 Å². The maximum atomic E-state index is 12.8. The molecule has 0 spiro atoms. The molecule has 0 saturated carbocycles. The summed E-state index contributed by atoms with van der Waals surface area (Å²) in [6, 6.07) is 10.6. The number of aliphatic carboxylic acids is 1. The zero-order chi connectivity index (χ0) is 22.2. The molecule has 0 saturated heterocycles. The molecule has 7 nitrogen and oxygen atoms in total. The maximum absolute atomic E-state index is 12.8. The summed E-state index contributed by atoms with van der Waals surface area (Å²) in [4.78, 5) is 25.1. The van der Waals surface area contributed by atoms with E-state index in [1.165, 1.54) is 18.3 Å². The molecule has 31 heavy (non-hydrogen) atoms. The average molecular weight is 430 g/mol. The number of carboxylic acid groups (broad SMARTS) is 1. The number of alkyl halides is 3. The Morgan fingerprint density at radius 2 is 1.74 bits per heavy atom. The van der Waals surface area contributed by atoms with E-state index in [0.717, 1.165) is 33.5 Å². The molecule has 1 aromatic heterocycles. The Morgan fingerprint density at radius 1 is 1.03 bits per heavy atom. The molecule has 4 rings (SSSR count). The molecule has 1 amide bonds. The molecule has 2 aromatic carbocycles. The van der Waals surface area contributed by atoms with Gasteiger partial charge in [0.15, 0.2) is 5.69 Å². The smallest absolute Gasteiger partial charge is 0.416 e. The standard InChI is InChI=1S/C21H17F3N4O3/c22-21(23,24)17-5-3-13(4-6-17)15-2-1-14-7-8-27(10-16(14)9-15)20(31)18-11-28(26-25-18)12-19(29)30/h1-6,9,11H,7-8,10,12H2,(H,29,30). The van der Waals surface area contributed by atoms with Crippen LogP contribution >= 0.6 is 0 Å². The van der Waals surface area contributed by atoms with Crippen LogP contribution in [-0.2, 0) is 30.5 Å². The first-order valence-corrected chi connectivity index (χ1v) is 9.41. The number of rotatable bonds is 4. The van der Waals surface area contributed by atoms with Crippen LogP contribution < -0.4 is 0 Å². The topological polar surface area (TPSA) is 88.3 Å². The van der Waals surface area contributed by atoms with Gasteiger partial charge in [-0.2, -0.15) is 13.2 Å². The van der Waals surface area contributed by atoms with Gasteiger partial charge in [-0.25, -0.2) is 4.68 Å². The van der Waals surface area contributed by atoms with Crippen LogP contribution in [0.5, 0.6) is 0 Å². The van der Waals surface area contributed by atoms with Gasteiger partial charge in [-0.05, 0) is 46.9 Å². The van der Waals surface area contributed by atoms with Crippen molar-refractivity contribution in [1.82, 2.24) is 19.9 Å². The van der Waals surface area contributed by atoms with E-state index in [4.69, 9.17) is 5.11 Å². The van der Waals surface area contributed by atoms with Crippen molar-refractivity contribution in [2.24, 2.45) is 0 Å². The molecule has 0 aliphatic carbocycles. The van der Waals surface area contributed by atoms with Gasteiger partial charge in [0.05, 0.1) is 11.8 Å². The van der Waals surface area contributed by atoms with Gasteiger partial charge in [-0.15, -0.1) is 5.10 Å². The van der Waals surface area contributed by atoms with E-state index in [-0.39, 0.29) is 18.1 Å². The predicted octanol–water partition coefficient (Wildman–Crippen LogP) is 3.25. The molecule has 10 heteroatoms. The Kier molecular flexibility index (Phi) is 5.22. The lowest BCUT2D eigenvalue weighted by atomic mass is 9.94. The van der Waals surface area contributed by atoms with Gasteiger partial charge in [0.25, 0.3) is 5.91 Å². The highest BCUT2D eigenvalue weighted by molar-refractivity contribution is 5.92. The van der Waals surface area contributed by atoms with Crippen molar-refractivity contribution in [3.8, 4) is 11.1 Å².